The molecule has 0 spiro atoms. The maximum atomic E-state index is 9.93. The van der Waals surface area contributed by atoms with Gasteiger partial charge >= 0.3 is 0 Å². The Morgan fingerprint density at radius 1 is 1.33 bits per heavy atom. The van der Waals surface area contributed by atoms with Gasteiger partial charge in [0.2, 0.25) is 0 Å². The van der Waals surface area contributed by atoms with Gasteiger partial charge in [0.05, 0.1) is 0 Å². The first-order chi connectivity index (χ1) is 10.3. The molecule has 1 aliphatic heterocycles. The van der Waals surface area contributed by atoms with Gasteiger partial charge < -0.3 is 20.1 Å². The van der Waals surface area contributed by atoms with E-state index < -0.39 is 6.10 Å². The van der Waals surface area contributed by atoms with Crippen molar-refractivity contribution in [1.29, 1.82) is 0 Å². The maximum Gasteiger partial charge on any atom is 0.119 e. The van der Waals surface area contributed by atoms with Crippen LogP contribution in [0.15, 0.2) is 24.3 Å². The zero-order valence-corrected chi connectivity index (χ0v) is 13.1. The van der Waals surface area contributed by atoms with Gasteiger partial charge in [0.15, 0.2) is 0 Å². The van der Waals surface area contributed by atoms with Gasteiger partial charge in [0, 0.05) is 19.6 Å². The van der Waals surface area contributed by atoms with E-state index in [4.69, 9.17) is 4.74 Å². The maximum absolute atomic E-state index is 9.93. The molecule has 0 aliphatic carbocycles. The van der Waals surface area contributed by atoms with Gasteiger partial charge in [-0.15, -0.1) is 0 Å². The number of aliphatic hydroxyl groups excluding tert-OH is 1. The molecule has 1 unspecified atom stereocenters. The Balaban J connectivity index is 1.57. The number of nitrogens with zero attached hydrogens (tertiary/aromatic N) is 1. The summed E-state index contributed by atoms with van der Waals surface area (Å²) in [6.45, 7) is 7.50. The van der Waals surface area contributed by atoms with E-state index in [1.165, 1.54) is 31.5 Å². The predicted octanol–water partition coefficient (Wildman–Crippen LogP) is 1.67. The molecule has 0 bridgehead atoms. The number of aryl methyl sites for hydroxylation is 1. The summed E-state index contributed by atoms with van der Waals surface area (Å²) in [7, 11) is 0. The third kappa shape index (κ3) is 6.04. The minimum atomic E-state index is -0.464. The number of nitrogens with one attached hydrogen (secondary N) is 1. The minimum Gasteiger partial charge on any atom is -0.491 e. The second-order valence-corrected chi connectivity index (χ2v) is 5.72. The van der Waals surface area contributed by atoms with Crippen molar-refractivity contribution in [3.63, 3.8) is 0 Å². The Morgan fingerprint density at radius 3 is 2.90 bits per heavy atom. The highest BCUT2D eigenvalue weighted by atomic mass is 16.5. The number of hydrogen-bond acceptors (Lipinski definition) is 4. The Morgan fingerprint density at radius 2 is 2.14 bits per heavy atom. The second-order valence-electron chi connectivity index (χ2n) is 5.72. The molecule has 0 radical (unpaired) electrons. The quantitative estimate of drug-likeness (QED) is 0.680. The molecule has 0 amide bonds. The SMILES string of the molecule is CCc1cccc(OCC(O)CNCCN2CCCC2)c1. The van der Waals surface area contributed by atoms with E-state index in [0.29, 0.717) is 13.2 Å². The molecule has 0 aromatic heterocycles. The fourth-order valence-electron chi connectivity index (χ4n) is 2.62. The van der Waals surface area contributed by atoms with Crippen molar-refractivity contribution >= 4 is 0 Å². The Labute approximate surface area is 128 Å². The van der Waals surface area contributed by atoms with E-state index in [-0.39, 0.29) is 0 Å². The molecule has 1 fully saturated rings. The van der Waals surface area contributed by atoms with Gasteiger partial charge in [0.25, 0.3) is 0 Å². The van der Waals surface area contributed by atoms with E-state index >= 15 is 0 Å². The normalized spacial score (nSPS) is 17.0. The lowest BCUT2D eigenvalue weighted by molar-refractivity contribution is 0.106. The summed E-state index contributed by atoms with van der Waals surface area (Å²) in [5, 5.41) is 13.2. The minimum absolute atomic E-state index is 0.337. The number of hydrogen-bond donors (Lipinski definition) is 2. The highest BCUT2D eigenvalue weighted by molar-refractivity contribution is 5.28. The van der Waals surface area contributed by atoms with Gasteiger partial charge in [-0.1, -0.05) is 19.1 Å². The Hall–Kier alpha value is -1.10. The number of ether oxygens (including phenoxy) is 1. The summed E-state index contributed by atoms with van der Waals surface area (Å²) in [5.74, 6) is 0.838. The van der Waals surface area contributed by atoms with Crippen LogP contribution < -0.4 is 10.1 Å². The van der Waals surface area contributed by atoms with Crippen LogP contribution in [0.2, 0.25) is 0 Å². The van der Waals surface area contributed by atoms with Crippen LogP contribution in [0, 0.1) is 0 Å². The zero-order valence-electron chi connectivity index (χ0n) is 13.1. The van der Waals surface area contributed by atoms with Crippen molar-refractivity contribution in [3.8, 4) is 5.75 Å². The highest BCUT2D eigenvalue weighted by Crippen LogP contribution is 2.13. The molecule has 4 heteroatoms. The molecule has 4 nitrogen and oxygen atoms in total. The standard InChI is InChI=1S/C17H28N2O2/c1-2-15-6-5-7-17(12-15)21-14-16(20)13-18-8-11-19-9-3-4-10-19/h5-7,12,16,18,20H,2-4,8-11,13-14H2,1H3. The third-order valence-corrected chi connectivity index (χ3v) is 3.93. The molecule has 0 saturated carbocycles. The van der Waals surface area contributed by atoms with Gasteiger partial charge in [-0.25, -0.2) is 0 Å². The predicted molar refractivity (Wildman–Crippen MR) is 85.9 cm³/mol. The smallest absolute Gasteiger partial charge is 0.119 e. The molecule has 1 aromatic carbocycles. The van der Waals surface area contributed by atoms with Crippen molar-refractivity contribution < 1.29 is 9.84 Å². The average Bonchev–Trinajstić information content (AvgIpc) is 3.03. The lowest BCUT2D eigenvalue weighted by Gasteiger charge is -2.17. The Bertz CT molecular complexity index is 406. The molecule has 21 heavy (non-hydrogen) atoms. The number of likely N-dealkylation sites (tertiary alicyclic amines) is 1. The topological polar surface area (TPSA) is 44.7 Å². The number of aliphatic hydroxyl groups is 1. The van der Waals surface area contributed by atoms with Gasteiger partial charge in [-0.3, -0.25) is 0 Å². The molecule has 1 heterocycles. The fraction of sp³-hybridized carbons (Fsp3) is 0.647. The summed E-state index contributed by atoms with van der Waals surface area (Å²) in [6, 6.07) is 8.05. The highest BCUT2D eigenvalue weighted by Gasteiger charge is 2.11. The molecule has 1 aliphatic rings. The van der Waals surface area contributed by atoms with E-state index in [9.17, 15) is 5.11 Å². The molecule has 2 rings (SSSR count). The van der Waals surface area contributed by atoms with E-state index in [0.717, 1.165) is 25.3 Å². The van der Waals surface area contributed by atoms with Gasteiger partial charge in [-0.2, -0.15) is 0 Å². The summed E-state index contributed by atoms with van der Waals surface area (Å²) in [6.07, 6.45) is 3.19. The summed E-state index contributed by atoms with van der Waals surface area (Å²) >= 11 is 0. The van der Waals surface area contributed by atoms with Crippen molar-refractivity contribution in [2.75, 3.05) is 39.3 Å². The van der Waals surface area contributed by atoms with E-state index in [1.54, 1.807) is 0 Å². The zero-order chi connectivity index (χ0) is 14.9. The lowest BCUT2D eigenvalue weighted by atomic mass is 10.2. The second kappa shape index (κ2) is 9.03. The fourth-order valence-corrected chi connectivity index (χ4v) is 2.62. The van der Waals surface area contributed by atoms with Gasteiger partial charge in [-0.05, 0) is 50.0 Å². The van der Waals surface area contributed by atoms with Crippen molar-refractivity contribution in [2.24, 2.45) is 0 Å². The number of rotatable bonds is 9. The monoisotopic (exact) mass is 292 g/mol. The van der Waals surface area contributed by atoms with E-state index in [2.05, 4.69) is 23.2 Å². The molecule has 118 valence electrons. The van der Waals surface area contributed by atoms with Crippen LogP contribution in [-0.2, 0) is 6.42 Å². The lowest BCUT2D eigenvalue weighted by Crippen LogP contribution is -2.36. The average molecular weight is 292 g/mol. The van der Waals surface area contributed by atoms with Crippen LogP contribution >= 0.6 is 0 Å². The molecule has 2 N–H and O–H groups in total. The van der Waals surface area contributed by atoms with Crippen molar-refractivity contribution in [2.45, 2.75) is 32.3 Å². The third-order valence-electron chi connectivity index (χ3n) is 3.93. The van der Waals surface area contributed by atoms with Crippen LogP contribution in [0.4, 0.5) is 0 Å². The van der Waals surface area contributed by atoms with Crippen LogP contribution in [0.3, 0.4) is 0 Å². The molecule has 1 aromatic rings. The van der Waals surface area contributed by atoms with Crippen molar-refractivity contribution in [1.82, 2.24) is 10.2 Å². The molecular weight excluding hydrogens is 264 g/mol. The van der Waals surface area contributed by atoms with Crippen LogP contribution in [0.1, 0.15) is 25.3 Å². The first kappa shape index (κ1) is 16.3. The van der Waals surface area contributed by atoms with Crippen molar-refractivity contribution in [3.05, 3.63) is 29.8 Å². The summed E-state index contributed by atoms with van der Waals surface area (Å²) < 4.78 is 5.64. The molecule has 1 atom stereocenters. The molecule has 1 saturated heterocycles. The first-order valence-corrected chi connectivity index (χ1v) is 8.11. The van der Waals surface area contributed by atoms with Gasteiger partial charge in [0.1, 0.15) is 18.5 Å². The van der Waals surface area contributed by atoms with Crippen LogP contribution in [0.5, 0.6) is 5.75 Å². The van der Waals surface area contributed by atoms with Crippen LogP contribution in [-0.4, -0.2) is 55.4 Å². The number of benzene rings is 1. The first-order valence-electron chi connectivity index (χ1n) is 8.11. The summed E-state index contributed by atoms with van der Waals surface area (Å²) in [4.78, 5) is 2.46. The largest absolute Gasteiger partial charge is 0.491 e. The van der Waals surface area contributed by atoms with Crippen LogP contribution in [0.25, 0.3) is 0 Å². The molecular formula is C17H28N2O2. The summed E-state index contributed by atoms with van der Waals surface area (Å²) in [5.41, 5.74) is 1.26. The Kier molecular flexibility index (Phi) is 7.00. The van der Waals surface area contributed by atoms with E-state index in [1.807, 2.05) is 18.2 Å².